The molecule has 1 saturated carbocycles. The van der Waals surface area contributed by atoms with Gasteiger partial charge in [0.25, 0.3) is 5.91 Å². The van der Waals surface area contributed by atoms with Crippen molar-refractivity contribution in [3.63, 3.8) is 0 Å². The maximum atomic E-state index is 12.2. The van der Waals surface area contributed by atoms with Crippen molar-refractivity contribution in [2.75, 3.05) is 18.4 Å². The molecule has 3 heterocycles. The van der Waals surface area contributed by atoms with Crippen molar-refractivity contribution in [1.82, 2.24) is 9.27 Å². The summed E-state index contributed by atoms with van der Waals surface area (Å²) in [6, 6.07) is 8.60. The second kappa shape index (κ2) is 6.91. The van der Waals surface area contributed by atoms with Gasteiger partial charge in [-0.3, -0.25) is 4.79 Å². The van der Waals surface area contributed by atoms with Crippen LogP contribution in [-0.2, 0) is 6.42 Å². The number of fused-ring (bicyclic) bond motifs is 1. The highest BCUT2D eigenvalue weighted by Gasteiger charge is 2.41. The van der Waals surface area contributed by atoms with Gasteiger partial charge in [0.1, 0.15) is 16.2 Å². The molecule has 2 aliphatic heterocycles. The summed E-state index contributed by atoms with van der Waals surface area (Å²) in [5, 5.41) is 2.97. The summed E-state index contributed by atoms with van der Waals surface area (Å²) >= 11 is 1.21. The third-order valence-corrected chi connectivity index (χ3v) is 7.20. The van der Waals surface area contributed by atoms with Crippen LogP contribution in [0.5, 0.6) is 5.75 Å². The summed E-state index contributed by atoms with van der Waals surface area (Å²) in [5.41, 5.74) is 2.04. The highest BCUT2D eigenvalue weighted by Crippen LogP contribution is 2.41. The van der Waals surface area contributed by atoms with Gasteiger partial charge in [0.15, 0.2) is 0 Å². The number of ether oxygens (including phenoxy) is 1. The van der Waals surface area contributed by atoms with Gasteiger partial charge in [-0.25, -0.2) is 4.37 Å². The fourth-order valence-corrected chi connectivity index (χ4v) is 5.02. The first-order valence-corrected chi connectivity index (χ1v) is 10.8. The Labute approximate surface area is 163 Å². The first-order chi connectivity index (χ1) is 13.2. The molecule has 5 rings (SSSR count). The Morgan fingerprint density at radius 2 is 2.07 bits per heavy atom. The minimum absolute atomic E-state index is 0.0145. The van der Waals surface area contributed by atoms with Crippen LogP contribution in [-0.4, -0.2) is 39.9 Å². The molecule has 1 N–H and O–H groups in total. The lowest BCUT2D eigenvalue weighted by molar-refractivity contribution is -0.0336. The van der Waals surface area contributed by atoms with E-state index in [1.807, 2.05) is 12.1 Å². The standard InChI is InChI=1S/C21H25N3O2S/c25-20(19-7-11-22-27-19)23-16-4-5-18-15(14-16)6-8-21(26-18)9-12-24(13-10-21)17-2-1-3-17/h4-5,7,11,14,17H,1-3,6,8-10,12-13H2,(H,23,25). The minimum atomic E-state index is -0.103. The van der Waals surface area contributed by atoms with Crippen LogP contribution in [0.2, 0.25) is 0 Å². The molecule has 1 saturated heterocycles. The van der Waals surface area contributed by atoms with E-state index in [0.29, 0.717) is 4.88 Å². The zero-order valence-corrected chi connectivity index (χ0v) is 16.3. The maximum absolute atomic E-state index is 12.2. The summed E-state index contributed by atoms with van der Waals surface area (Å²) in [6.45, 7) is 2.34. The van der Waals surface area contributed by atoms with Crippen LogP contribution >= 0.6 is 11.5 Å². The van der Waals surface area contributed by atoms with Crippen molar-refractivity contribution in [3.05, 3.63) is 40.9 Å². The molecule has 1 aromatic heterocycles. The molecular weight excluding hydrogens is 358 g/mol. The fourth-order valence-electron chi connectivity index (χ4n) is 4.53. The van der Waals surface area contributed by atoms with Crippen molar-refractivity contribution in [2.24, 2.45) is 0 Å². The zero-order valence-electron chi connectivity index (χ0n) is 15.4. The van der Waals surface area contributed by atoms with E-state index in [1.165, 1.54) is 49.4 Å². The molecule has 0 atom stereocenters. The van der Waals surface area contributed by atoms with Crippen molar-refractivity contribution in [2.45, 2.75) is 56.6 Å². The van der Waals surface area contributed by atoms with Crippen molar-refractivity contribution in [3.8, 4) is 5.75 Å². The maximum Gasteiger partial charge on any atom is 0.267 e. The Hall–Kier alpha value is -1.92. The van der Waals surface area contributed by atoms with Crippen LogP contribution in [0, 0.1) is 0 Å². The van der Waals surface area contributed by atoms with E-state index in [2.05, 4.69) is 20.7 Å². The fraction of sp³-hybridized carbons (Fsp3) is 0.524. The molecule has 1 amide bonds. The predicted molar refractivity (Wildman–Crippen MR) is 107 cm³/mol. The lowest BCUT2D eigenvalue weighted by Crippen LogP contribution is -2.53. The summed E-state index contributed by atoms with van der Waals surface area (Å²) in [6.07, 6.45) is 10.2. The van der Waals surface area contributed by atoms with Gasteiger partial charge in [-0.05, 0) is 79.9 Å². The lowest BCUT2D eigenvalue weighted by atomic mass is 9.81. The van der Waals surface area contributed by atoms with Gasteiger partial charge < -0.3 is 15.0 Å². The Kier molecular flexibility index (Phi) is 4.40. The van der Waals surface area contributed by atoms with Gasteiger partial charge in [-0.2, -0.15) is 0 Å². The predicted octanol–water partition coefficient (Wildman–Crippen LogP) is 4.11. The van der Waals surface area contributed by atoms with Crippen LogP contribution in [0.15, 0.2) is 30.5 Å². The van der Waals surface area contributed by atoms with Gasteiger partial charge in [-0.1, -0.05) is 6.42 Å². The highest BCUT2D eigenvalue weighted by atomic mass is 32.1. The number of hydrogen-bond acceptors (Lipinski definition) is 5. The molecule has 1 aliphatic carbocycles. The first kappa shape index (κ1) is 17.2. The number of aromatic nitrogens is 1. The van der Waals surface area contributed by atoms with E-state index >= 15 is 0 Å². The molecule has 2 aromatic rings. The lowest BCUT2D eigenvalue weighted by Gasteiger charge is -2.48. The first-order valence-electron chi connectivity index (χ1n) is 9.99. The number of carbonyl (C=O) groups is 1. The smallest absolute Gasteiger partial charge is 0.267 e. The molecule has 0 bridgehead atoms. The Morgan fingerprint density at radius 1 is 1.22 bits per heavy atom. The molecule has 27 heavy (non-hydrogen) atoms. The number of hydrogen-bond donors (Lipinski definition) is 1. The summed E-state index contributed by atoms with van der Waals surface area (Å²) < 4.78 is 10.5. The normalized spacial score (nSPS) is 21.9. The van der Waals surface area contributed by atoms with E-state index < -0.39 is 0 Å². The number of likely N-dealkylation sites (tertiary alicyclic amines) is 1. The average molecular weight is 384 g/mol. The SMILES string of the molecule is O=C(Nc1ccc2c(c1)CCC1(CCN(C3CCC3)CC1)O2)c1ccns1. The number of anilines is 1. The number of rotatable bonds is 3. The molecule has 3 aliphatic rings. The molecule has 5 nitrogen and oxygen atoms in total. The second-order valence-electron chi connectivity index (χ2n) is 8.06. The Morgan fingerprint density at radius 3 is 2.78 bits per heavy atom. The quantitative estimate of drug-likeness (QED) is 0.867. The molecular formula is C21H25N3O2S. The van der Waals surface area contributed by atoms with Crippen LogP contribution < -0.4 is 10.1 Å². The summed E-state index contributed by atoms with van der Waals surface area (Å²) in [7, 11) is 0. The number of amides is 1. The molecule has 0 radical (unpaired) electrons. The van der Waals surface area contributed by atoms with Gasteiger partial charge in [0.05, 0.1) is 0 Å². The van der Waals surface area contributed by atoms with Crippen molar-refractivity contribution >= 4 is 23.1 Å². The monoisotopic (exact) mass is 383 g/mol. The number of aryl methyl sites for hydroxylation is 1. The van der Waals surface area contributed by atoms with Gasteiger partial charge in [0, 0.05) is 31.0 Å². The molecule has 1 aromatic carbocycles. The second-order valence-corrected chi connectivity index (χ2v) is 8.89. The van der Waals surface area contributed by atoms with E-state index in [0.717, 1.165) is 43.2 Å². The highest BCUT2D eigenvalue weighted by molar-refractivity contribution is 7.08. The largest absolute Gasteiger partial charge is 0.487 e. The van der Waals surface area contributed by atoms with Crippen LogP contribution in [0.3, 0.4) is 0 Å². The van der Waals surface area contributed by atoms with Crippen LogP contribution in [0.25, 0.3) is 0 Å². The summed E-state index contributed by atoms with van der Waals surface area (Å²) in [5.74, 6) is 0.892. The third-order valence-electron chi connectivity index (χ3n) is 6.46. The Balaban J connectivity index is 1.25. The minimum Gasteiger partial charge on any atom is -0.487 e. The van der Waals surface area contributed by atoms with Crippen LogP contribution in [0.1, 0.15) is 53.8 Å². The van der Waals surface area contributed by atoms with E-state index in [1.54, 1.807) is 12.3 Å². The number of nitrogens with zero attached hydrogens (tertiary/aromatic N) is 2. The third kappa shape index (κ3) is 3.36. The van der Waals surface area contributed by atoms with Gasteiger partial charge in [0.2, 0.25) is 0 Å². The van der Waals surface area contributed by atoms with Crippen molar-refractivity contribution in [1.29, 1.82) is 0 Å². The zero-order chi connectivity index (χ0) is 18.3. The number of benzene rings is 1. The average Bonchev–Trinajstić information content (AvgIpc) is 3.17. The van der Waals surface area contributed by atoms with Crippen LogP contribution in [0.4, 0.5) is 5.69 Å². The van der Waals surface area contributed by atoms with Gasteiger partial charge in [-0.15, -0.1) is 0 Å². The number of carbonyl (C=O) groups excluding carboxylic acids is 1. The molecule has 1 spiro atoms. The summed E-state index contributed by atoms with van der Waals surface area (Å²) in [4.78, 5) is 15.5. The van der Waals surface area contributed by atoms with Crippen molar-refractivity contribution < 1.29 is 9.53 Å². The van der Waals surface area contributed by atoms with Gasteiger partial charge >= 0.3 is 0 Å². The van der Waals surface area contributed by atoms with E-state index in [4.69, 9.17) is 4.74 Å². The topological polar surface area (TPSA) is 54.5 Å². The molecule has 0 unspecified atom stereocenters. The molecule has 142 valence electrons. The number of nitrogens with one attached hydrogen (secondary N) is 1. The Bertz CT molecular complexity index is 824. The number of piperidine rings is 1. The van der Waals surface area contributed by atoms with E-state index in [9.17, 15) is 4.79 Å². The molecule has 2 fully saturated rings. The van der Waals surface area contributed by atoms with E-state index in [-0.39, 0.29) is 11.5 Å². The molecule has 6 heteroatoms.